The third-order valence-electron chi connectivity index (χ3n) is 2.16. The van der Waals surface area contributed by atoms with E-state index in [1.54, 1.807) is 0 Å². The number of halogens is 2. The van der Waals surface area contributed by atoms with Crippen molar-refractivity contribution in [3.63, 3.8) is 0 Å². The summed E-state index contributed by atoms with van der Waals surface area (Å²) in [7, 11) is 1.27. The molecule has 0 aliphatic rings. The van der Waals surface area contributed by atoms with Gasteiger partial charge in [-0.25, -0.2) is 4.39 Å². The molecule has 0 aliphatic carbocycles. The molecule has 1 rings (SSSR count). The van der Waals surface area contributed by atoms with Crippen molar-refractivity contribution >= 4 is 11.6 Å². The Hall–Kier alpha value is -0.880. The number of benzene rings is 1. The Morgan fingerprint density at radius 1 is 1.44 bits per heavy atom. The number of hydrogen-bond acceptors (Lipinski definition) is 4. The highest BCUT2D eigenvalue weighted by Gasteiger charge is 2.25. The highest BCUT2D eigenvalue weighted by Crippen LogP contribution is 2.33. The lowest BCUT2D eigenvalue weighted by atomic mass is 10.0. The number of hydrogen-bond donors (Lipinski definition) is 3. The van der Waals surface area contributed by atoms with Crippen LogP contribution in [0.4, 0.5) is 4.39 Å². The van der Waals surface area contributed by atoms with Crippen molar-refractivity contribution in [1.82, 2.24) is 0 Å². The summed E-state index contributed by atoms with van der Waals surface area (Å²) in [6.45, 7) is -0.700. The minimum atomic E-state index is -1.60. The molecule has 0 aliphatic heterocycles. The monoisotopic (exact) mass is 250 g/mol. The summed E-state index contributed by atoms with van der Waals surface area (Å²) in [6.07, 6.45) is -3.10. The van der Waals surface area contributed by atoms with E-state index in [9.17, 15) is 14.6 Å². The summed E-state index contributed by atoms with van der Waals surface area (Å²) in [4.78, 5) is 0. The molecule has 90 valence electrons. The van der Waals surface area contributed by atoms with Crippen molar-refractivity contribution in [3.8, 4) is 5.75 Å². The van der Waals surface area contributed by atoms with Crippen molar-refractivity contribution in [2.75, 3.05) is 13.7 Å². The first kappa shape index (κ1) is 13.2. The second-order valence-corrected chi connectivity index (χ2v) is 3.58. The second-order valence-electron chi connectivity index (χ2n) is 3.17. The van der Waals surface area contributed by atoms with Crippen molar-refractivity contribution in [2.24, 2.45) is 0 Å². The van der Waals surface area contributed by atoms with Gasteiger partial charge in [-0.2, -0.15) is 0 Å². The molecule has 2 unspecified atom stereocenters. The fourth-order valence-corrected chi connectivity index (χ4v) is 1.53. The minimum Gasteiger partial charge on any atom is -0.494 e. The Balaban J connectivity index is 3.20. The summed E-state index contributed by atoms with van der Waals surface area (Å²) >= 11 is 5.71. The average molecular weight is 251 g/mol. The van der Waals surface area contributed by atoms with E-state index >= 15 is 0 Å². The highest BCUT2D eigenvalue weighted by atomic mass is 35.5. The van der Waals surface area contributed by atoms with Gasteiger partial charge in [-0.05, 0) is 12.1 Å². The summed E-state index contributed by atoms with van der Waals surface area (Å²) in [6, 6.07) is 2.64. The summed E-state index contributed by atoms with van der Waals surface area (Å²) in [5, 5.41) is 27.4. The number of aliphatic hydroxyl groups is 3. The van der Waals surface area contributed by atoms with Gasteiger partial charge in [0.2, 0.25) is 0 Å². The Bertz CT molecular complexity index is 372. The van der Waals surface area contributed by atoms with Gasteiger partial charge in [0.25, 0.3) is 0 Å². The highest BCUT2D eigenvalue weighted by molar-refractivity contribution is 6.31. The van der Waals surface area contributed by atoms with Crippen LogP contribution in [0.2, 0.25) is 5.02 Å². The molecule has 4 nitrogen and oxygen atoms in total. The van der Waals surface area contributed by atoms with Crippen molar-refractivity contribution in [1.29, 1.82) is 0 Å². The van der Waals surface area contributed by atoms with Crippen LogP contribution < -0.4 is 4.74 Å². The molecule has 3 N–H and O–H groups in total. The van der Waals surface area contributed by atoms with Gasteiger partial charge >= 0.3 is 0 Å². The van der Waals surface area contributed by atoms with Gasteiger partial charge in [0.05, 0.1) is 13.7 Å². The van der Waals surface area contributed by atoms with Gasteiger partial charge in [0.1, 0.15) is 12.2 Å². The van der Waals surface area contributed by atoms with E-state index < -0.39 is 24.6 Å². The van der Waals surface area contributed by atoms with Crippen molar-refractivity contribution in [3.05, 3.63) is 28.5 Å². The van der Waals surface area contributed by atoms with Crippen LogP contribution in [0.15, 0.2) is 12.1 Å². The van der Waals surface area contributed by atoms with E-state index in [1.165, 1.54) is 19.2 Å². The predicted octanol–water partition coefficient (Wildman–Crippen LogP) is 0.874. The van der Waals surface area contributed by atoms with Crippen LogP contribution in [0.1, 0.15) is 11.7 Å². The fraction of sp³-hybridized carbons (Fsp3) is 0.400. The van der Waals surface area contributed by atoms with Gasteiger partial charge in [-0.1, -0.05) is 11.6 Å². The van der Waals surface area contributed by atoms with E-state index in [0.29, 0.717) is 0 Å². The fourth-order valence-electron chi connectivity index (χ4n) is 1.27. The normalized spacial score (nSPS) is 14.6. The summed E-state index contributed by atoms with van der Waals surface area (Å²) < 4.78 is 18.4. The molecule has 0 heterocycles. The van der Waals surface area contributed by atoms with Crippen LogP contribution in [0.25, 0.3) is 0 Å². The number of aliphatic hydroxyl groups excluding tert-OH is 3. The molecule has 1 aromatic carbocycles. The standard InChI is InChI=1S/C10H12ClFO4/c1-16-7-3-2-5(11)8(9(7)12)10(15)6(14)4-13/h2-3,6,10,13-15H,4H2,1H3. The largest absolute Gasteiger partial charge is 0.494 e. The van der Waals surface area contributed by atoms with E-state index in [1.807, 2.05) is 0 Å². The van der Waals surface area contributed by atoms with Gasteiger partial charge in [-0.3, -0.25) is 0 Å². The lowest BCUT2D eigenvalue weighted by molar-refractivity contribution is -0.0169. The molecular formula is C10H12ClFO4. The lowest BCUT2D eigenvalue weighted by Gasteiger charge is -2.18. The quantitative estimate of drug-likeness (QED) is 0.742. The lowest BCUT2D eigenvalue weighted by Crippen LogP contribution is -2.23. The number of ether oxygens (including phenoxy) is 1. The van der Waals surface area contributed by atoms with Gasteiger partial charge in [-0.15, -0.1) is 0 Å². The Morgan fingerprint density at radius 3 is 2.56 bits per heavy atom. The zero-order chi connectivity index (χ0) is 12.3. The first-order valence-electron chi connectivity index (χ1n) is 4.51. The summed E-state index contributed by atoms with van der Waals surface area (Å²) in [5.41, 5.74) is -0.289. The Labute approximate surface area is 96.9 Å². The van der Waals surface area contributed by atoms with E-state index in [-0.39, 0.29) is 16.3 Å². The Kier molecular flexibility index (Phi) is 4.49. The van der Waals surface area contributed by atoms with E-state index in [4.69, 9.17) is 21.4 Å². The first-order valence-corrected chi connectivity index (χ1v) is 4.89. The molecule has 16 heavy (non-hydrogen) atoms. The molecule has 2 atom stereocenters. The van der Waals surface area contributed by atoms with Crippen molar-refractivity contribution in [2.45, 2.75) is 12.2 Å². The molecule has 0 fully saturated rings. The molecule has 0 saturated carbocycles. The maximum absolute atomic E-state index is 13.7. The van der Waals surface area contributed by atoms with E-state index in [2.05, 4.69) is 0 Å². The maximum atomic E-state index is 13.7. The molecule has 6 heteroatoms. The molecule has 0 bridgehead atoms. The first-order chi connectivity index (χ1) is 7.52. The number of methoxy groups -OCH3 is 1. The van der Waals surface area contributed by atoms with Gasteiger partial charge in [0.15, 0.2) is 11.6 Å². The smallest absolute Gasteiger partial charge is 0.172 e. The zero-order valence-corrected chi connectivity index (χ0v) is 9.28. The van der Waals surface area contributed by atoms with Crippen LogP contribution >= 0.6 is 11.6 Å². The minimum absolute atomic E-state index is 0.0432. The summed E-state index contributed by atoms with van der Waals surface area (Å²) in [5.74, 6) is -0.946. The van der Waals surface area contributed by atoms with E-state index in [0.717, 1.165) is 0 Å². The zero-order valence-electron chi connectivity index (χ0n) is 8.52. The molecule has 0 spiro atoms. The Morgan fingerprint density at radius 2 is 2.06 bits per heavy atom. The van der Waals surface area contributed by atoms with Crippen LogP contribution in [0.5, 0.6) is 5.75 Å². The molecular weight excluding hydrogens is 239 g/mol. The van der Waals surface area contributed by atoms with Crippen LogP contribution in [-0.2, 0) is 0 Å². The maximum Gasteiger partial charge on any atom is 0.172 e. The van der Waals surface area contributed by atoms with Crippen LogP contribution in [-0.4, -0.2) is 35.1 Å². The molecule has 0 radical (unpaired) electrons. The van der Waals surface area contributed by atoms with Crippen molar-refractivity contribution < 1.29 is 24.4 Å². The molecule has 1 aromatic rings. The predicted molar refractivity (Wildman–Crippen MR) is 56.0 cm³/mol. The molecule has 0 amide bonds. The van der Waals surface area contributed by atoms with Crippen LogP contribution in [0.3, 0.4) is 0 Å². The number of rotatable bonds is 4. The third-order valence-corrected chi connectivity index (χ3v) is 2.49. The van der Waals surface area contributed by atoms with Crippen LogP contribution in [0, 0.1) is 5.82 Å². The molecule has 0 aromatic heterocycles. The average Bonchev–Trinajstić information content (AvgIpc) is 2.28. The second kappa shape index (κ2) is 5.45. The third kappa shape index (κ3) is 2.44. The SMILES string of the molecule is COc1ccc(Cl)c(C(O)C(O)CO)c1F. The van der Waals surface area contributed by atoms with Gasteiger partial charge in [0, 0.05) is 10.6 Å². The molecule has 0 saturated heterocycles. The topological polar surface area (TPSA) is 69.9 Å². The van der Waals surface area contributed by atoms with Gasteiger partial charge < -0.3 is 20.1 Å².